The fourth-order valence-electron chi connectivity index (χ4n) is 2.30. The molecule has 2 N–H and O–H groups in total. The highest BCUT2D eigenvalue weighted by Gasteiger charge is 2.35. The Bertz CT molecular complexity index is 708. The van der Waals surface area contributed by atoms with Crippen molar-refractivity contribution in [2.45, 2.75) is 6.61 Å². The Morgan fingerprint density at radius 3 is 2.76 bits per heavy atom. The van der Waals surface area contributed by atoms with E-state index in [0.717, 1.165) is 18.1 Å². The van der Waals surface area contributed by atoms with Crippen LogP contribution in [0.15, 0.2) is 29.5 Å². The van der Waals surface area contributed by atoms with Crippen molar-refractivity contribution in [1.29, 1.82) is 0 Å². The zero-order valence-corrected chi connectivity index (χ0v) is 13.1. The van der Waals surface area contributed by atoms with Gasteiger partial charge in [0.15, 0.2) is 11.6 Å². The lowest BCUT2D eigenvalue weighted by Crippen LogP contribution is -2.31. The summed E-state index contributed by atoms with van der Waals surface area (Å²) >= 11 is 0. The van der Waals surface area contributed by atoms with Gasteiger partial charge in [0.25, 0.3) is 5.91 Å². The predicted octanol–water partition coefficient (Wildman–Crippen LogP) is 1.10. The zero-order valence-electron chi connectivity index (χ0n) is 13.1. The van der Waals surface area contributed by atoms with E-state index in [1.807, 2.05) is 0 Å². The number of hydrogen-bond acceptors (Lipinski definition) is 6. The molecule has 0 saturated carbocycles. The van der Waals surface area contributed by atoms with Crippen molar-refractivity contribution < 1.29 is 37.3 Å². The maximum absolute atomic E-state index is 13.8. The number of rotatable bonds is 7. The van der Waals surface area contributed by atoms with Gasteiger partial charge in [0.05, 0.1) is 31.5 Å². The number of amides is 1. The Labute approximate surface area is 140 Å². The van der Waals surface area contributed by atoms with Crippen LogP contribution in [0.2, 0.25) is 0 Å². The Morgan fingerprint density at radius 2 is 2.16 bits per heavy atom. The van der Waals surface area contributed by atoms with E-state index in [9.17, 15) is 22.8 Å². The van der Waals surface area contributed by atoms with Crippen LogP contribution in [0.1, 0.15) is 0 Å². The number of hydrogen-bond donors (Lipinski definition) is 2. The highest BCUT2D eigenvalue weighted by atomic mass is 19.3. The predicted molar refractivity (Wildman–Crippen MR) is 79.4 cm³/mol. The fourth-order valence-corrected chi connectivity index (χ4v) is 2.30. The number of aliphatic hydroxyl groups excluding tert-OH is 1. The molecule has 2 rings (SSSR count). The van der Waals surface area contributed by atoms with E-state index in [0.29, 0.717) is 0 Å². The van der Waals surface area contributed by atoms with E-state index in [-0.39, 0.29) is 36.7 Å². The zero-order chi connectivity index (χ0) is 18.6. The minimum absolute atomic E-state index is 0.0476. The number of alkyl halides is 2. The number of anilines is 1. The van der Waals surface area contributed by atoms with E-state index in [4.69, 9.17) is 5.11 Å². The molecule has 0 aliphatic carbocycles. The highest BCUT2D eigenvalue weighted by molar-refractivity contribution is 6.08. The molecule has 10 heteroatoms. The average Bonchev–Trinajstić information content (AvgIpc) is 2.87. The number of benzene rings is 1. The third kappa shape index (κ3) is 4.02. The number of methoxy groups -OCH3 is 1. The largest absolute Gasteiger partial charge is 0.466 e. The molecule has 1 aromatic rings. The molecule has 7 nitrogen and oxygen atoms in total. The first kappa shape index (κ1) is 18.6. The number of aliphatic hydroxyl groups is 1. The summed E-state index contributed by atoms with van der Waals surface area (Å²) in [7, 11) is 1.11. The van der Waals surface area contributed by atoms with Crippen LogP contribution in [0.4, 0.5) is 18.9 Å². The molecule has 1 aromatic carbocycles. The number of β-amino-alcohol motifs (C(OH)–C–C–N with tert-alkyl or cyclic N) is 1. The molecule has 136 valence electrons. The number of ether oxygens (including phenoxy) is 2. The molecule has 0 fully saturated rings. The summed E-state index contributed by atoms with van der Waals surface area (Å²) in [5.74, 6) is -3.34. The minimum atomic E-state index is -3.28. The van der Waals surface area contributed by atoms with Gasteiger partial charge in [0.2, 0.25) is 0 Å². The molecule has 0 aromatic heterocycles. The van der Waals surface area contributed by atoms with Gasteiger partial charge in [-0.1, -0.05) is 6.07 Å². The van der Waals surface area contributed by atoms with Crippen LogP contribution in [-0.4, -0.2) is 55.3 Å². The van der Waals surface area contributed by atoms with Crippen molar-refractivity contribution in [3.05, 3.63) is 35.3 Å². The second kappa shape index (κ2) is 7.88. The topological polar surface area (TPSA) is 88.1 Å². The SMILES string of the molecule is COC(=O)C1=C(Nc2cccc(F)c2OC(F)F)C(=O)N(CCO)C1. The number of nitrogens with one attached hydrogen (secondary N) is 1. The summed E-state index contributed by atoms with van der Waals surface area (Å²) in [6.45, 7) is -3.81. The van der Waals surface area contributed by atoms with Crippen molar-refractivity contribution in [2.24, 2.45) is 0 Å². The molecule has 1 amide bonds. The standard InChI is InChI=1S/C15H15F3N2O5/c1-24-14(23)8-7-20(5-6-21)13(22)11(8)19-10-4-2-3-9(16)12(10)25-15(17)18/h2-4,15,19,21H,5-7H2,1H3. The second-order valence-electron chi connectivity index (χ2n) is 4.92. The number of para-hydroxylation sites is 1. The number of halogens is 3. The van der Waals surface area contributed by atoms with Crippen LogP contribution in [0, 0.1) is 5.82 Å². The maximum atomic E-state index is 13.8. The van der Waals surface area contributed by atoms with Gasteiger partial charge in [0.1, 0.15) is 5.70 Å². The molecule has 0 radical (unpaired) electrons. The van der Waals surface area contributed by atoms with Crippen molar-refractivity contribution >= 4 is 17.6 Å². The number of carbonyl (C=O) groups is 2. The quantitative estimate of drug-likeness (QED) is 0.708. The monoisotopic (exact) mass is 360 g/mol. The Morgan fingerprint density at radius 1 is 1.44 bits per heavy atom. The summed E-state index contributed by atoms with van der Waals surface area (Å²) in [4.78, 5) is 25.4. The maximum Gasteiger partial charge on any atom is 0.387 e. The van der Waals surface area contributed by atoms with Crippen LogP contribution in [0.25, 0.3) is 0 Å². The number of nitrogens with zero attached hydrogens (tertiary/aromatic N) is 1. The second-order valence-corrected chi connectivity index (χ2v) is 4.92. The molecule has 0 spiro atoms. The molecule has 1 heterocycles. The molecule has 25 heavy (non-hydrogen) atoms. The third-order valence-corrected chi connectivity index (χ3v) is 3.39. The van der Waals surface area contributed by atoms with E-state index >= 15 is 0 Å². The molecular formula is C15H15F3N2O5. The van der Waals surface area contributed by atoms with Gasteiger partial charge in [0, 0.05) is 6.54 Å². The van der Waals surface area contributed by atoms with Crippen LogP contribution < -0.4 is 10.1 Å². The van der Waals surface area contributed by atoms with E-state index < -0.39 is 30.1 Å². The van der Waals surface area contributed by atoms with Crippen molar-refractivity contribution in [3.63, 3.8) is 0 Å². The van der Waals surface area contributed by atoms with Gasteiger partial charge in [-0.3, -0.25) is 4.79 Å². The first-order valence-corrected chi connectivity index (χ1v) is 7.11. The van der Waals surface area contributed by atoms with E-state index in [2.05, 4.69) is 14.8 Å². The van der Waals surface area contributed by atoms with Gasteiger partial charge in [-0.25, -0.2) is 9.18 Å². The lowest BCUT2D eigenvalue weighted by atomic mass is 10.2. The normalized spacial score (nSPS) is 14.3. The Kier molecular flexibility index (Phi) is 5.86. The summed E-state index contributed by atoms with van der Waals surface area (Å²) in [5, 5.41) is 11.4. The van der Waals surface area contributed by atoms with E-state index in [1.165, 1.54) is 12.1 Å². The molecular weight excluding hydrogens is 345 g/mol. The van der Waals surface area contributed by atoms with Gasteiger partial charge < -0.3 is 24.8 Å². The summed E-state index contributed by atoms with van der Waals surface area (Å²) < 4.78 is 47.5. The van der Waals surface area contributed by atoms with Crippen molar-refractivity contribution in [2.75, 3.05) is 32.1 Å². The smallest absolute Gasteiger partial charge is 0.387 e. The summed E-state index contributed by atoms with van der Waals surface area (Å²) in [6, 6.07) is 3.34. The summed E-state index contributed by atoms with van der Waals surface area (Å²) in [6.07, 6.45) is 0. The lowest BCUT2D eigenvalue weighted by Gasteiger charge is -2.16. The average molecular weight is 360 g/mol. The number of carbonyl (C=O) groups excluding carboxylic acids is 2. The first-order valence-electron chi connectivity index (χ1n) is 7.11. The fraction of sp³-hybridized carbons (Fsp3) is 0.333. The highest BCUT2D eigenvalue weighted by Crippen LogP contribution is 2.32. The Hall–Kier alpha value is -2.75. The molecule has 0 bridgehead atoms. The van der Waals surface area contributed by atoms with Crippen molar-refractivity contribution in [3.8, 4) is 5.75 Å². The minimum Gasteiger partial charge on any atom is -0.466 e. The molecule has 0 unspecified atom stereocenters. The van der Waals surface area contributed by atoms with Crippen molar-refractivity contribution in [1.82, 2.24) is 4.90 Å². The van der Waals surface area contributed by atoms with Crippen LogP contribution in [0.5, 0.6) is 5.75 Å². The summed E-state index contributed by atoms with van der Waals surface area (Å²) in [5.41, 5.74) is -0.589. The third-order valence-electron chi connectivity index (χ3n) is 3.39. The first-order chi connectivity index (χ1) is 11.9. The van der Waals surface area contributed by atoms with Gasteiger partial charge >= 0.3 is 12.6 Å². The molecule has 1 aliphatic rings. The number of esters is 1. The molecule has 1 aliphatic heterocycles. The van der Waals surface area contributed by atoms with Gasteiger partial charge in [-0.15, -0.1) is 0 Å². The lowest BCUT2D eigenvalue weighted by molar-refractivity contribution is -0.136. The van der Waals surface area contributed by atoms with E-state index in [1.54, 1.807) is 0 Å². The van der Waals surface area contributed by atoms with Crippen LogP contribution in [0.3, 0.4) is 0 Å². The Balaban J connectivity index is 2.40. The van der Waals surface area contributed by atoms with Crippen LogP contribution in [-0.2, 0) is 14.3 Å². The molecule has 0 saturated heterocycles. The van der Waals surface area contributed by atoms with Crippen LogP contribution >= 0.6 is 0 Å². The van der Waals surface area contributed by atoms with Gasteiger partial charge in [-0.2, -0.15) is 8.78 Å². The van der Waals surface area contributed by atoms with Gasteiger partial charge in [-0.05, 0) is 12.1 Å². The molecule has 0 atom stereocenters.